The van der Waals surface area contributed by atoms with Crippen molar-refractivity contribution < 1.29 is 4.79 Å². The van der Waals surface area contributed by atoms with Crippen molar-refractivity contribution >= 4 is 5.91 Å². The lowest BCUT2D eigenvalue weighted by Gasteiger charge is -2.30. The van der Waals surface area contributed by atoms with E-state index in [0.29, 0.717) is 0 Å². The van der Waals surface area contributed by atoms with E-state index in [0.717, 1.165) is 31.5 Å². The summed E-state index contributed by atoms with van der Waals surface area (Å²) in [4.78, 5) is 11.9. The smallest absolute Gasteiger partial charge is 0.247 e. The molecule has 1 saturated heterocycles. The third-order valence-corrected chi connectivity index (χ3v) is 3.52. The highest BCUT2D eigenvalue weighted by Crippen LogP contribution is 2.16. The standard InChI is InChI=1S/C12H22N2O/c1-5-12(4,6-2)14-11(15)9(3)10-7-13-8-10/h13H,5-8H2,1-4H3,(H,14,15). The molecule has 1 fully saturated rings. The molecule has 1 aliphatic heterocycles. The maximum atomic E-state index is 11.9. The Morgan fingerprint density at radius 1 is 1.40 bits per heavy atom. The molecule has 1 amide bonds. The van der Waals surface area contributed by atoms with Crippen molar-refractivity contribution in [1.82, 2.24) is 10.6 Å². The number of hydrogen-bond donors (Lipinski definition) is 2. The molecule has 0 aromatic rings. The van der Waals surface area contributed by atoms with Crippen molar-refractivity contribution in [2.45, 2.75) is 46.1 Å². The summed E-state index contributed by atoms with van der Waals surface area (Å²) in [5.74, 6) is 0.0951. The van der Waals surface area contributed by atoms with E-state index in [-0.39, 0.29) is 11.4 Å². The summed E-state index contributed by atoms with van der Waals surface area (Å²) < 4.78 is 0. The van der Waals surface area contributed by atoms with Crippen LogP contribution < -0.4 is 10.6 Å². The van der Waals surface area contributed by atoms with Crippen molar-refractivity contribution in [3.8, 4) is 0 Å². The van der Waals surface area contributed by atoms with E-state index in [1.54, 1.807) is 0 Å². The molecule has 0 radical (unpaired) electrons. The molecule has 0 aromatic heterocycles. The summed E-state index contributed by atoms with van der Waals surface area (Å²) in [6, 6.07) is 0. The monoisotopic (exact) mass is 210 g/mol. The fourth-order valence-electron chi connectivity index (χ4n) is 1.47. The zero-order valence-electron chi connectivity index (χ0n) is 10.2. The number of nitrogens with one attached hydrogen (secondary N) is 2. The van der Waals surface area contributed by atoms with Crippen LogP contribution in [0, 0.1) is 0 Å². The molecular formula is C12H22N2O. The van der Waals surface area contributed by atoms with E-state index < -0.39 is 0 Å². The molecule has 1 heterocycles. The number of carbonyl (C=O) groups excluding carboxylic acids is 1. The number of amides is 1. The summed E-state index contributed by atoms with van der Waals surface area (Å²) in [5.41, 5.74) is 2.07. The van der Waals surface area contributed by atoms with Gasteiger partial charge in [-0.3, -0.25) is 4.79 Å². The maximum absolute atomic E-state index is 11.9. The quantitative estimate of drug-likeness (QED) is 0.692. The molecule has 2 N–H and O–H groups in total. The van der Waals surface area contributed by atoms with Gasteiger partial charge in [-0.25, -0.2) is 0 Å². The normalized spacial score (nSPS) is 15.9. The molecule has 0 aromatic carbocycles. The molecule has 1 rings (SSSR count). The van der Waals surface area contributed by atoms with Gasteiger partial charge in [0, 0.05) is 24.2 Å². The second-order valence-electron chi connectivity index (χ2n) is 4.55. The lowest BCUT2D eigenvalue weighted by molar-refractivity contribution is -0.119. The molecule has 3 nitrogen and oxygen atoms in total. The lowest BCUT2D eigenvalue weighted by atomic mass is 9.94. The summed E-state index contributed by atoms with van der Waals surface area (Å²) in [6.07, 6.45) is 1.94. The van der Waals surface area contributed by atoms with Crippen molar-refractivity contribution in [3.63, 3.8) is 0 Å². The van der Waals surface area contributed by atoms with Crippen LogP contribution in [0.15, 0.2) is 11.1 Å². The highest BCUT2D eigenvalue weighted by molar-refractivity contribution is 5.94. The van der Waals surface area contributed by atoms with Gasteiger partial charge in [0.1, 0.15) is 0 Å². The first kappa shape index (κ1) is 12.2. The Morgan fingerprint density at radius 2 is 1.93 bits per heavy atom. The molecule has 0 bridgehead atoms. The zero-order valence-corrected chi connectivity index (χ0v) is 10.2. The highest BCUT2D eigenvalue weighted by atomic mass is 16.1. The van der Waals surface area contributed by atoms with E-state index in [9.17, 15) is 4.79 Å². The minimum atomic E-state index is -0.0594. The average Bonchev–Trinajstić information content (AvgIpc) is 2.14. The number of carbonyl (C=O) groups is 1. The van der Waals surface area contributed by atoms with Gasteiger partial charge in [0.2, 0.25) is 5.91 Å². The van der Waals surface area contributed by atoms with E-state index in [2.05, 4.69) is 31.4 Å². The SMILES string of the molecule is CCC(C)(CC)NC(=O)C(C)=C1CNC1. The van der Waals surface area contributed by atoms with Crippen LogP contribution in [0.5, 0.6) is 0 Å². The summed E-state index contributed by atoms with van der Waals surface area (Å²) >= 11 is 0. The average molecular weight is 210 g/mol. The summed E-state index contributed by atoms with van der Waals surface area (Å²) in [5, 5.41) is 6.27. The minimum Gasteiger partial charge on any atom is -0.347 e. The Morgan fingerprint density at radius 3 is 2.27 bits per heavy atom. The molecule has 86 valence electrons. The van der Waals surface area contributed by atoms with Crippen molar-refractivity contribution in [2.75, 3.05) is 13.1 Å². The van der Waals surface area contributed by atoms with Crippen LogP contribution in [0.1, 0.15) is 40.5 Å². The van der Waals surface area contributed by atoms with Gasteiger partial charge in [0.05, 0.1) is 0 Å². The van der Waals surface area contributed by atoms with Crippen molar-refractivity contribution in [3.05, 3.63) is 11.1 Å². The van der Waals surface area contributed by atoms with Crippen LogP contribution >= 0.6 is 0 Å². The number of rotatable bonds is 4. The predicted molar refractivity (Wildman–Crippen MR) is 62.7 cm³/mol. The second kappa shape index (κ2) is 4.79. The van der Waals surface area contributed by atoms with Gasteiger partial charge in [-0.2, -0.15) is 0 Å². The Hall–Kier alpha value is -0.830. The molecule has 0 spiro atoms. The van der Waals surface area contributed by atoms with Crippen molar-refractivity contribution in [2.24, 2.45) is 0 Å². The van der Waals surface area contributed by atoms with Crippen LogP contribution in [-0.4, -0.2) is 24.5 Å². The first-order valence-electron chi connectivity index (χ1n) is 5.74. The highest BCUT2D eigenvalue weighted by Gasteiger charge is 2.24. The molecule has 0 saturated carbocycles. The predicted octanol–water partition coefficient (Wildman–Crippen LogP) is 1.60. The molecule has 3 heteroatoms. The van der Waals surface area contributed by atoms with Crippen LogP contribution in [0.2, 0.25) is 0 Å². The van der Waals surface area contributed by atoms with E-state index in [1.807, 2.05) is 6.92 Å². The second-order valence-corrected chi connectivity index (χ2v) is 4.55. The van der Waals surface area contributed by atoms with Crippen LogP contribution in [0.4, 0.5) is 0 Å². The molecule has 15 heavy (non-hydrogen) atoms. The Bertz CT molecular complexity index is 271. The largest absolute Gasteiger partial charge is 0.347 e. The Balaban J connectivity index is 2.62. The van der Waals surface area contributed by atoms with Gasteiger partial charge in [-0.05, 0) is 32.3 Å². The molecule has 0 aliphatic carbocycles. The zero-order chi connectivity index (χ0) is 11.5. The van der Waals surface area contributed by atoms with Crippen LogP contribution in [-0.2, 0) is 4.79 Å². The Labute approximate surface area is 92.3 Å². The van der Waals surface area contributed by atoms with Gasteiger partial charge in [0.25, 0.3) is 0 Å². The fraction of sp³-hybridized carbons (Fsp3) is 0.750. The summed E-state index contributed by atoms with van der Waals surface area (Å²) in [6.45, 7) is 9.97. The summed E-state index contributed by atoms with van der Waals surface area (Å²) in [7, 11) is 0. The molecule has 0 atom stereocenters. The Kier molecular flexibility index (Phi) is 3.91. The van der Waals surface area contributed by atoms with Crippen LogP contribution in [0.3, 0.4) is 0 Å². The van der Waals surface area contributed by atoms with Gasteiger partial charge in [-0.1, -0.05) is 13.8 Å². The van der Waals surface area contributed by atoms with Gasteiger partial charge >= 0.3 is 0 Å². The minimum absolute atomic E-state index is 0.0594. The maximum Gasteiger partial charge on any atom is 0.247 e. The first-order chi connectivity index (χ1) is 7.02. The van der Waals surface area contributed by atoms with Gasteiger partial charge in [0.15, 0.2) is 0 Å². The number of hydrogen-bond acceptors (Lipinski definition) is 2. The van der Waals surface area contributed by atoms with Gasteiger partial charge in [-0.15, -0.1) is 0 Å². The fourth-order valence-corrected chi connectivity index (χ4v) is 1.47. The molecule has 1 aliphatic rings. The van der Waals surface area contributed by atoms with E-state index in [4.69, 9.17) is 0 Å². The molecular weight excluding hydrogens is 188 g/mol. The van der Waals surface area contributed by atoms with Crippen LogP contribution in [0.25, 0.3) is 0 Å². The molecule has 0 unspecified atom stereocenters. The lowest BCUT2D eigenvalue weighted by Crippen LogP contribution is -2.46. The van der Waals surface area contributed by atoms with Gasteiger partial charge < -0.3 is 10.6 Å². The third kappa shape index (κ3) is 2.81. The van der Waals surface area contributed by atoms with E-state index >= 15 is 0 Å². The first-order valence-corrected chi connectivity index (χ1v) is 5.74. The topological polar surface area (TPSA) is 41.1 Å². The third-order valence-electron chi connectivity index (χ3n) is 3.52. The van der Waals surface area contributed by atoms with Crippen molar-refractivity contribution in [1.29, 1.82) is 0 Å². The van der Waals surface area contributed by atoms with E-state index in [1.165, 1.54) is 5.57 Å².